The molecule has 0 unspecified atom stereocenters. The average Bonchev–Trinajstić information content (AvgIpc) is 2.68. The Balaban J connectivity index is 2.53. The van der Waals surface area contributed by atoms with E-state index < -0.39 is 0 Å². The fraction of sp³-hybridized carbons (Fsp3) is 0.818. The van der Waals surface area contributed by atoms with Crippen LogP contribution in [0.25, 0.3) is 0 Å². The summed E-state index contributed by atoms with van der Waals surface area (Å²) in [4.78, 5) is 0. The third-order valence-corrected chi connectivity index (χ3v) is 2.46. The van der Waals surface area contributed by atoms with Crippen LogP contribution in [0.15, 0.2) is 0 Å². The summed E-state index contributed by atoms with van der Waals surface area (Å²) in [6.45, 7) is 7.04. The van der Waals surface area contributed by atoms with Crippen molar-refractivity contribution in [3.05, 3.63) is 11.4 Å². The van der Waals surface area contributed by atoms with E-state index in [1.807, 2.05) is 11.6 Å². The second kappa shape index (κ2) is 7.35. The molecule has 0 aromatic carbocycles. The van der Waals surface area contributed by atoms with Gasteiger partial charge in [0.15, 0.2) is 0 Å². The van der Waals surface area contributed by atoms with Gasteiger partial charge in [-0.1, -0.05) is 18.6 Å². The molecule has 2 N–H and O–H groups in total. The molecule has 0 aliphatic rings. The first-order valence-corrected chi connectivity index (χ1v) is 6.02. The Morgan fingerprint density at radius 1 is 1.38 bits per heavy atom. The van der Waals surface area contributed by atoms with Gasteiger partial charge in [0.2, 0.25) is 0 Å². The van der Waals surface area contributed by atoms with Crippen molar-refractivity contribution in [2.75, 3.05) is 13.2 Å². The molecule has 5 nitrogen and oxygen atoms in total. The van der Waals surface area contributed by atoms with Crippen LogP contribution in [0.2, 0.25) is 0 Å². The summed E-state index contributed by atoms with van der Waals surface area (Å²) < 4.78 is 7.26. The van der Waals surface area contributed by atoms with Crippen LogP contribution in [0.3, 0.4) is 0 Å². The van der Waals surface area contributed by atoms with Crippen molar-refractivity contribution in [3.63, 3.8) is 0 Å². The summed E-state index contributed by atoms with van der Waals surface area (Å²) in [6, 6.07) is 0. The van der Waals surface area contributed by atoms with Crippen LogP contribution < -0.4 is 5.73 Å². The molecule has 0 fully saturated rings. The lowest BCUT2D eigenvalue weighted by atomic mass is 10.2. The van der Waals surface area contributed by atoms with Gasteiger partial charge in [-0.15, -0.1) is 5.10 Å². The number of nitrogens with two attached hydrogens (primary N) is 1. The van der Waals surface area contributed by atoms with Crippen molar-refractivity contribution in [1.82, 2.24) is 15.0 Å². The number of hydrogen-bond acceptors (Lipinski definition) is 4. The Morgan fingerprint density at radius 2 is 2.19 bits per heavy atom. The van der Waals surface area contributed by atoms with Gasteiger partial charge < -0.3 is 10.5 Å². The summed E-state index contributed by atoms with van der Waals surface area (Å²) in [7, 11) is 0. The fourth-order valence-corrected chi connectivity index (χ4v) is 1.68. The van der Waals surface area contributed by atoms with Gasteiger partial charge in [0.1, 0.15) is 0 Å². The topological polar surface area (TPSA) is 66.0 Å². The Labute approximate surface area is 97.0 Å². The highest BCUT2D eigenvalue weighted by atomic mass is 16.5. The lowest BCUT2D eigenvalue weighted by Gasteiger charge is -2.06. The minimum absolute atomic E-state index is 0.473. The van der Waals surface area contributed by atoms with Gasteiger partial charge in [0, 0.05) is 26.3 Å². The van der Waals surface area contributed by atoms with Crippen LogP contribution in [0, 0.1) is 0 Å². The molecule has 0 saturated heterocycles. The molecule has 0 amide bonds. The van der Waals surface area contributed by atoms with Crippen LogP contribution >= 0.6 is 0 Å². The Morgan fingerprint density at radius 3 is 2.81 bits per heavy atom. The minimum atomic E-state index is 0.473. The predicted octanol–water partition coefficient (Wildman–Crippen LogP) is 1.12. The highest BCUT2D eigenvalue weighted by molar-refractivity contribution is 5.09. The van der Waals surface area contributed by atoms with E-state index in [4.69, 9.17) is 10.5 Å². The van der Waals surface area contributed by atoms with Crippen molar-refractivity contribution in [1.29, 1.82) is 0 Å². The summed E-state index contributed by atoms with van der Waals surface area (Å²) in [5.74, 6) is 0. The van der Waals surface area contributed by atoms with Crippen molar-refractivity contribution >= 4 is 0 Å². The smallest absolute Gasteiger partial charge is 0.0994 e. The lowest BCUT2D eigenvalue weighted by molar-refractivity contribution is 0.140. The molecular weight excluding hydrogens is 204 g/mol. The highest BCUT2D eigenvalue weighted by Gasteiger charge is 2.09. The molecular formula is C11H22N4O. The van der Waals surface area contributed by atoms with Gasteiger partial charge in [0.05, 0.1) is 11.4 Å². The molecule has 0 aliphatic carbocycles. The normalized spacial score (nSPS) is 10.9. The molecule has 1 rings (SSSR count). The molecule has 0 bridgehead atoms. The van der Waals surface area contributed by atoms with Gasteiger partial charge in [-0.3, -0.25) is 0 Å². The number of hydrogen-bond donors (Lipinski definition) is 1. The van der Waals surface area contributed by atoms with Gasteiger partial charge in [0.25, 0.3) is 0 Å². The van der Waals surface area contributed by atoms with Crippen molar-refractivity contribution < 1.29 is 4.74 Å². The van der Waals surface area contributed by atoms with E-state index in [2.05, 4.69) is 17.2 Å². The zero-order valence-electron chi connectivity index (χ0n) is 10.3. The Hall–Kier alpha value is -0.940. The van der Waals surface area contributed by atoms with E-state index in [-0.39, 0.29) is 0 Å². The molecule has 0 aliphatic heterocycles. The lowest BCUT2D eigenvalue weighted by Crippen LogP contribution is -2.09. The summed E-state index contributed by atoms with van der Waals surface area (Å²) in [5.41, 5.74) is 7.74. The standard InChI is InChI=1S/C11H22N4O/c1-3-6-11-10(9-12)13-14-15(11)7-5-8-16-4-2/h3-9,12H2,1-2H3. The van der Waals surface area contributed by atoms with Crippen molar-refractivity contribution in [2.24, 2.45) is 5.73 Å². The SMILES string of the molecule is CCCc1c(CN)nnn1CCCOCC. The highest BCUT2D eigenvalue weighted by Crippen LogP contribution is 2.08. The zero-order chi connectivity index (χ0) is 11.8. The summed E-state index contributed by atoms with van der Waals surface area (Å²) >= 11 is 0. The van der Waals surface area contributed by atoms with E-state index in [1.165, 1.54) is 5.69 Å². The predicted molar refractivity (Wildman–Crippen MR) is 63.0 cm³/mol. The first-order valence-electron chi connectivity index (χ1n) is 6.02. The molecule has 0 spiro atoms. The summed E-state index contributed by atoms with van der Waals surface area (Å²) in [6.07, 6.45) is 3.05. The van der Waals surface area contributed by atoms with Crippen molar-refractivity contribution in [3.8, 4) is 0 Å². The molecule has 16 heavy (non-hydrogen) atoms. The molecule has 1 aromatic heterocycles. The number of ether oxygens (including phenoxy) is 1. The van der Waals surface area contributed by atoms with Crippen molar-refractivity contribution in [2.45, 2.75) is 46.2 Å². The molecule has 5 heteroatoms. The Bertz CT molecular complexity index is 298. The third kappa shape index (κ3) is 3.57. The molecule has 92 valence electrons. The third-order valence-electron chi connectivity index (χ3n) is 2.46. The molecule has 0 radical (unpaired) electrons. The fourth-order valence-electron chi connectivity index (χ4n) is 1.68. The van der Waals surface area contributed by atoms with Crippen LogP contribution in [-0.2, 0) is 24.2 Å². The van der Waals surface area contributed by atoms with E-state index in [1.54, 1.807) is 0 Å². The maximum absolute atomic E-state index is 5.63. The Kier molecular flexibility index (Phi) is 6.03. The first kappa shape index (κ1) is 13.1. The van der Waals surface area contributed by atoms with E-state index in [9.17, 15) is 0 Å². The second-order valence-corrected chi connectivity index (χ2v) is 3.71. The monoisotopic (exact) mass is 226 g/mol. The van der Waals surface area contributed by atoms with E-state index in [0.717, 1.165) is 44.7 Å². The molecule has 1 aromatic rings. The zero-order valence-corrected chi connectivity index (χ0v) is 10.3. The summed E-state index contributed by atoms with van der Waals surface area (Å²) in [5, 5.41) is 8.23. The van der Waals surface area contributed by atoms with Crippen LogP contribution in [0.4, 0.5) is 0 Å². The average molecular weight is 226 g/mol. The van der Waals surface area contributed by atoms with E-state index in [0.29, 0.717) is 6.54 Å². The largest absolute Gasteiger partial charge is 0.382 e. The van der Waals surface area contributed by atoms with Gasteiger partial charge in [-0.05, 0) is 19.8 Å². The number of aryl methyl sites for hydroxylation is 1. The van der Waals surface area contributed by atoms with Crippen LogP contribution in [0.5, 0.6) is 0 Å². The first-order chi connectivity index (χ1) is 7.83. The molecule has 0 atom stereocenters. The minimum Gasteiger partial charge on any atom is -0.382 e. The maximum atomic E-state index is 5.63. The quantitative estimate of drug-likeness (QED) is 0.674. The van der Waals surface area contributed by atoms with Gasteiger partial charge in [-0.2, -0.15) is 0 Å². The number of aromatic nitrogens is 3. The second-order valence-electron chi connectivity index (χ2n) is 3.71. The van der Waals surface area contributed by atoms with Gasteiger partial charge in [-0.25, -0.2) is 4.68 Å². The number of rotatable bonds is 8. The van der Waals surface area contributed by atoms with Crippen LogP contribution in [-0.4, -0.2) is 28.2 Å². The molecule has 0 saturated carbocycles. The maximum Gasteiger partial charge on any atom is 0.0994 e. The number of nitrogens with zero attached hydrogens (tertiary/aromatic N) is 3. The van der Waals surface area contributed by atoms with Crippen LogP contribution in [0.1, 0.15) is 38.1 Å². The van der Waals surface area contributed by atoms with Gasteiger partial charge >= 0.3 is 0 Å². The van der Waals surface area contributed by atoms with E-state index >= 15 is 0 Å². The molecule has 1 heterocycles.